The van der Waals surface area contributed by atoms with Crippen LogP contribution in [0.2, 0.25) is 0 Å². The molecular weight excluding hydrogens is 288 g/mol. The van der Waals surface area contributed by atoms with E-state index < -0.39 is 0 Å². The number of fused-ring (bicyclic) bond motifs is 1. The van der Waals surface area contributed by atoms with Gasteiger partial charge in [-0.1, -0.05) is 18.2 Å². The quantitative estimate of drug-likeness (QED) is 0.808. The first-order valence-electron chi connectivity index (χ1n) is 7.37. The van der Waals surface area contributed by atoms with Gasteiger partial charge in [0.25, 0.3) is 5.91 Å². The van der Waals surface area contributed by atoms with Crippen molar-refractivity contribution in [1.82, 2.24) is 14.7 Å². The van der Waals surface area contributed by atoms with Gasteiger partial charge >= 0.3 is 0 Å². The van der Waals surface area contributed by atoms with Crippen LogP contribution in [0.25, 0.3) is 16.9 Å². The van der Waals surface area contributed by atoms with Gasteiger partial charge in [-0.2, -0.15) is 5.26 Å². The number of nitrogens with zero attached hydrogens (tertiary/aromatic N) is 3. The van der Waals surface area contributed by atoms with E-state index in [1.807, 2.05) is 38.2 Å². The van der Waals surface area contributed by atoms with Crippen LogP contribution in [0.5, 0.6) is 0 Å². The molecule has 0 aliphatic rings. The van der Waals surface area contributed by atoms with Gasteiger partial charge in [-0.05, 0) is 32.0 Å². The number of hydrogen-bond donors (Lipinski definition) is 1. The van der Waals surface area contributed by atoms with E-state index in [-0.39, 0.29) is 11.9 Å². The lowest BCUT2D eigenvalue weighted by molar-refractivity contribution is 0.0942. The monoisotopic (exact) mass is 304 g/mol. The van der Waals surface area contributed by atoms with E-state index in [0.717, 1.165) is 11.2 Å². The van der Waals surface area contributed by atoms with Crippen LogP contribution >= 0.6 is 0 Å². The number of nitrogens with one attached hydrogen (secondary N) is 1. The van der Waals surface area contributed by atoms with Gasteiger partial charge in [-0.25, -0.2) is 4.98 Å². The Balaban J connectivity index is 2.03. The molecule has 1 N–H and O–H groups in total. The molecule has 0 bridgehead atoms. The third-order valence-corrected chi connectivity index (χ3v) is 3.46. The van der Waals surface area contributed by atoms with Gasteiger partial charge < -0.3 is 9.72 Å². The number of carbonyl (C=O) groups is 1. The summed E-state index contributed by atoms with van der Waals surface area (Å²) >= 11 is 0. The van der Waals surface area contributed by atoms with Gasteiger partial charge in [0, 0.05) is 24.0 Å². The summed E-state index contributed by atoms with van der Waals surface area (Å²) in [5.41, 5.74) is 3.38. The molecule has 2 heterocycles. The first-order valence-corrected chi connectivity index (χ1v) is 7.37. The second kappa shape index (κ2) is 5.93. The highest BCUT2D eigenvalue weighted by Gasteiger charge is 2.11. The van der Waals surface area contributed by atoms with Crippen LogP contribution in [0.1, 0.15) is 29.8 Å². The summed E-state index contributed by atoms with van der Waals surface area (Å²) in [7, 11) is 0. The minimum Gasteiger partial charge on any atom is -0.350 e. The fourth-order valence-electron chi connectivity index (χ4n) is 2.41. The molecule has 5 heteroatoms. The molecule has 0 atom stereocenters. The highest BCUT2D eigenvalue weighted by atomic mass is 16.1. The lowest BCUT2D eigenvalue weighted by Crippen LogP contribution is -2.30. The van der Waals surface area contributed by atoms with Crippen molar-refractivity contribution in [2.24, 2.45) is 0 Å². The number of rotatable bonds is 3. The molecule has 3 rings (SSSR count). The number of hydrogen-bond acceptors (Lipinski definition) is 3. The SMILES string of the molecule is CC(C)NC(=O)c1ccc2nc(-c3ccccc3C#N)cn2c1. The van der Waals surface area contributed by atoms with E-state index in [1.54, 1.807) is 28.8 Å². The van der Waals surface area contributed by atoms with Crippen molar-refractivity contribution in [3.05, 3.63) is 59.9 Å². The number of carbonyl (C=O) groups excluding carboxylic acids is 1. The Labute approximate surface area is 134 Å². The molecule has 0 unspecified atom stereocenters. The van der Waals surface area contributed by atoms with Crippen LogP contribution in [0, 0.1) is 11.3 Å². The summed E-state index contributed by atoms with van der Waals surface area (Å²) < 4.78 is 1.80. The number of aromatic nitrogens is 2. The summed E-state index contributed by atoms with van der Waals surface area (Å²) in [6.45, 7) is 3.84. The maximum atomic E-state index is 12.1. The minimum absolute atomic E-state index is 0.0825. The standard InChI is InChI=1S/C18H16N4O/c1-12(2)20-18(23)14-7-8-17-21-16(11-22(17)10-14)15-6-4-3-5-13(15)9-19/h3-8,10-12H,1-2H3,(H,20,23). The van der Waals surface area contributed by atoms with E-state index in [4.69, 9.17) is 0 Å². The Kier molecular flexibility index (Phi) is 3.82. The maximum Gasteiger partial charge on any atom is 0.252 e. The van der Waals surface area contributed by atoms with Crippen molar-refractivity contribution in [1.29, 1.82) is 5.26 Å². The highest BCUT2D eigenvalue weighted by molar-refractivity contribution is 5.94. The lowest BCUT2D eigenvalue weighted by atomic mass is 10.1. The summed E-state index contributed by atoms with van der Waals surface area (Å²) in [5.74, 6) is -0.116. The lowest BCUT2D eigenvalue weighted by Gasteiger charge is -2.08. The molecule has 5 nitrogen and oxygen atoms in total. The molecule has 0 aliphatic carbocycles. The second-order valence-electron chi connectivity index (χ2n) is 5.59. The molecule has 2 aromatic heterocycles. The molecule has 0 radical (unpaired) electrons. The van der Waals surface area contributed by atoms with Gasteiger partial charge in [-0.15, -0.1) is 0 Å². The van der Waals surface area contributed by atoms with Crippen molar-refractivity contribution >= 4 is 11.6 Å². The fraction of sp³-hybridized carbons (Fsp3) is 0.167. The van der Waals surface area contributed by atoms with Gasteiger partial charge in [0.15, 0.2) is 0 Å². The molecule has 0 spiro atoms. The Morgan fingerprint density at radius 1 is 1.22 bits per heavy atom. The summed E-state index contributed by atoms with van der Waals surface area (Å²) in [5, 5.41) is 12.1. The molecule has 0 saturated carbocycles. The Morgan fingerprint density at radius 2 is 2.00 bits per heavy atom. The van der Waals surface area contributed by atoms with E-state index in [0.29, 0.717) is 16.8 Å². The molecule has 1 aromatic carbocycles. The zero-order chi connectivity index (χ0) is 16.4. The fourth-order valence-corrected chi connectivity index (χ4v) is 2.41. The van der Waals surface area contributed by atoms with Crippen molar-refractivity contribution in [2.75, 3.05) is 0 Å². The average Bonchev–Trinajstić information content (AvgIpc) is 2.97. The zero-order valence-electron chi connectivity index (χ0n) is 12.9. The predicted molar refractivity (Wildman–Crippen MR) is 87.9 cm³/mol. The molecule has 0 saturated heterocycles. The van der Waals surface area contributed by atoms with Gasteiger partial charge in [0.2, 0.25) is 0 Å². The summed E-state index contributed by atoms with van der Waals surface area (Å²) in [6.07, 6.45) is 3.58. The van der Waals surface area contributed by atoms with Crippen molar-refractivity contribution in [3.63, 3.8) is 0 Å². The van der Waals surface area contributed by atoms with Crippen LogP contribution in [0.3, 0.4) is 0 Å². The van der Waals surface area contributed by atoms with E-state index in [2.05, 4.69) is 16.4 Å². The van der Waals surface area contributed by atoms with Gasteiger partial charge in [0.05, 0.1) is 22.9 Å². The van der Waals surface area contributed by atoms with Gasteiger partial charge in [0.1, 0.15) is 5.65 Å². The van der Waals surface area contributed by atoms with Gasteiger partial charge in [-0.3, -0.25) is 4.79 Å². The van der Waals surface area contributed by atoms with E-state index >= 15 is 0 Å². The summed E-state index contributed by atoms with van der Waals surface area (Å²) in [4.78, 5) is 16.6. The maximum absolute atomic E-state index is 12.1. The Morgan fingerprint density at radius 3 is 2.74 bits per heavy atom. The third-order valence-electron chi connectivity index (χ3n) is 3.46. The highest BCUT2D eigenvalue weighted by Crippen LogP contribution is 2.23. The zero-order valence-corrected chi connectivity index (χ0v) is 12.9. The number of pyridine rings is 1. The van der Waals surface area contributed by atoms with Crippen molar-refractivity contribution < 1.29 is 4.79 Å². The minimum atomic E-state index is -0.116. The predicted octanol–water partition coefficient (Wildman–Crippen LogP) is 3.01. The largest absolute Gasteiger partial charge is 0.350 e. The van der Waals surface area contributed by atoms with Crippen LogP contribution in [-0.2, 0) is 0 Å². The molecule has 0 aliphatic heterocycles. The van der Waals surface area contributed by atoms with Crippen molar-refractivity contribution in [3.8, 4) is 17.3 Å². The normalized spacial score (nSPS) is 10.7. The summed E-state index contributed by atoms with van der Waals surface area (Å²) in [6, 6.07) is 13.1. The van der Waals surface area contributed by atoms with Crippen LogP contribution in [0.4, 0.5) is 0 Å². The van der Waals surface area contributed by atoms with E-state index in [9.17, 15) is 10.1 Å². The van der Waals surface area contributed by atoms with Crippen molar-refractivity contribution in [2.45, 2.75) is 19.9 Å². The van der Waals surface area contributed by atoms with Crippen LogP contribution in [-0.4, -0.2) is 21.3 Å². The molecule has 23 heavy (non-hydrogen) atoms. The number of amides is 1. The number of benzene rings is 1. The van der Waals surface area contributed by atoms with Crippen LogP contribution < -0.4 is 5.32 Å². The third kappa shape index (κ3) is 2.92. The first-order chi connectivity index (χ1) is 11.1. The molecule has 3 aromatic rings. The van der Waals surface area contributed by atoms with E-state index in [1.165, 1.54) is 0 Å². The molecule has 0 fully saturated rings. The number of imidazole rings is 1. The van der Waals surface area contributed by atoms with Crippen LogP contribution in [0.15, 0.2) is 48.8 Å². The second-order valence-corrected chi connectivity index (χ2v) is 5.59. The molecular formula is C18H16N4O. The molecule has 1 amide bonds. The average molecular weight is 304 g/mol. The topological polar surface area (TPSA) is 70.2 Å². The number of nitriles is 1. The molecule has 114 valence electrons. The smallest absolute Gasteiger partial charge is 0.252 e. The first kappa shape index (κ1) is 14.8. The Hall–Kier alpha value is -3.13. The Bertz CT molecular complexity index is 918.